The lowest BCUT2D eigenvalue weighted by atomic mass is 9.95. The van der Waals surface area contributed by atoms with E-state index in [4.69, 9.17) is 16.7 Å². The first-order valence-electron chi connectivity index (χ1n) is 8.95. The Morgan fingerprint density at radius 2 is 1.71 bits per heavy atom. The maximum Gasteiger partial charge on any atom is 0.295 e. The van der Waals surface area contributed by atoms with Crippen molar-refractivity contribution in [2.75, 3.05) is 26.2 Å². The molecular weight excluding hydrogens is 380 g/mol. The third-order valence-electron chi connectivity index (χ3n) is 4.59. The van der Waals surface area contributed by atoms with Gasteiger partial charge in [-0.2, -0.15) is 0 Å². The topological polar surface area (TPSA) is 89.9 Å². The van der Waals surface area contributed by atoms with Crippen LogP contribution in [0.25, 0.3) is 5.76 Å². The highest BCUT2D eigenvalue weighted by Crippen LogP contribution is 2.39. The van der Waals surface area contributed by atoms with Crippen molar-refractivity contribution in [2.45, 2.75) is 6.04 Å². The fraction of sp³-hybridized carbons (Fsp3) is 0.238. The molecule has 0 radical (unpaired) electrons. The minimum atomic E-state index is -0.719. The molecule has 6 nitrogen and oxygen atoms in total. The average Bonchev–Trinajstić information content (AvgIpc) is 2.97. The Balaban J connectivity index is 2.04. The first-order valence-corrected chi connectivity index (χ1v) is 9.33. The number of amides is 1. The second-order valence-corrected chi connectivity index (χ2v) is 6.82. The van der Waals surface area contributed by atoms with Gasteiger partial charge in [0.05, 0.1) is 18.2 Å². The molecule has 2 aromatic rings. The minimum Gasteiger partial charge on any atom is -0.507 e. The van der Waals surface area contributed by atoms with Gasteiger partial charge in [0.25, 0.3) is 11.7 Å². The van der Waals surface area contributed by atoms with Crippen LogP contribution in [-0.4, -0.2) is 53.0 Å². The van der Waals surface area contributed by atoms with Crippen LogP contribution in [0.4, 0.5) is 0 Å². The van der Waals surface area contributed by atoms with E-state index in [1.54, 1.807) is 54.6 Å². The lowest BCUT2D eigenvalue weighted by Crippen LogP contribution is -2.36. The fourth-order valence-corrected chi connectivity index (χ4v) is 3.38. The normalized spacial score (nSPS) is 18.6. The molecule has 1 saturated heterocycles. The number of hydrogen-bond acceptors (Lipinski definition) is 5. The molecule has 0 aliphatic carbocycles. The van der Waals surface area contributed by atoms with Crippen molar-refractivity contribution < 1.29 is 19.8 Å². The highest BCUT2D eigenvalue weighted by molar-refractivity contribution is 6.46. The Labute approximate surface area is 168 Å². The number of likely N-dealkylation sites (tertiary alicyclic amines) is 1. The number of carbonyl (C=O) groups excluding carboxylic acids is 2. The molecule has 0 unspecified atom stereocenters. The van der Waals surface area contributed by atoms with Gasteiger partial charge in [-0.3, -0.25) is 9.59 Å². The zero-order valence-corrected chi connectivity index (χ0v) is 15.9. The summed E-state index contributed by atoms with van der Waals surface area (Å²) in [7, 11) is 0. The van der Waals surface area contributed by atoms with Gasteiger partial charge < -0.3 is 20.4 Å². The van der Waals surface area contributed by atoms with Crippen LogP contribution in [0, 0.1) is 0 Å². The number of ketones is 1. The van der Waals surface area contributed by atoms with Crippen molar-refractivity contribution in [1.29, 1.82) is 0 Å². The number of benzene rings is 2. The molecule has 28 heavy (non-hydrogen) atoms. The van der Waals surface area contributed by atoms with E-state index in [-0.39, 0.29) is 24.5 Å². The summed E-state index contributed by atoms with van der Waals surface area (Å²) in [6.07, 6.45) is 0. The van der Waals surface area contributed by atoms with E-state index < -0.39 is 17.7 Å². The van der Waals surface area contributed by atoms with E-state index in [9.17, 15) is 14.7 Å². The van der Waals surface area contributed by atoms with Crippen LogP contribution in [0.5, 0.6) is 0 Å². The molecule has 3 N–H and O–H groups in total. The number of hydrogen-bond donors (Lipinski definition) is 3. The number of carbonyl (C=O) groups is 2. The maximum absolute atomic E-state index is 12.8. The van der Waals surface area contributed by atoms with Gasteiger partial charge in [0.1, 0.15) is 5.76 Å². The lowest BCUT2D eigenvalue weighted by molar-refractivity contribution is -0.139. The molecule has 0 spiro atoms. The van der Waals surface area contributed by atoms with Gasteiger partial charge in [0.15, 0.2) is 0 Å². The van der Waals surface area contributed by atoms with Gasteiger partial charge in [0, 0.05) is 30.2 Å². The summed E-state index contributed by atoms with van der Waals surface area (Å²) in [6.45, 7) is 1.03. The van der Waals surface area contributed by atoms with Gasteiger partial charge >= 0.3 is 0 Å². The summed E-state index contributed by atoms with van der Waals surface area (Å²) in [6, 6.07) is 14.8. The zero-order chi connectivity index (χ0) is 20.1. The Morgan fingerprint density at radius 1 is 1.04 bits per heavy atom. The van der Waals surface area contributed by atoms with Crippen molar-refractivity contribution in [2.24, 2.45) is 0 Å². The van der Waals surface area contributed by atoms with E-state index in [1.807, 2.05) is 0 Å². The number of rotatable bonds is 7. The summed E-state index contributed by atoms with van der Waals surface area (Å²) < 4.78 is 0. The Morgan fingerprint density at radius 3 is 2.36 bits per heavy atom. The monoisotopic (exact) mass is 400 g/mol. The lowest BCUT2D eigenvalue weighted by Gasteiger charge is -2.25. The first kappa shape index (κ1) is 20.1. The molecule has 1 aliphatic rings. The Kier molecular flexibility index (Phi) is 6.46. The summed E-state index contributed by atoms with van der Waals surface area (Å²) in [5, 5.41) is 23.3. The quantitative estimate of drug-likeness (QED) is 0.287. The van der Waals surface area contributed by atoms with E-state index in [0.29, 0.717) is 29.2 Å². The van der Waals surface area contributed by atoms with Crippen LogP contribution in [0.3, 0.4) is 0 Å². The van der Waals surface area contributed by atoms with Gasteiger partial charge in [-0.05, 0) is 17.7 Å². The predicted octanol–water partition coefficient (Wildman–Crippen LogP) is 2.34. The predicted molar refractivity (Wildman–Crippen MR) is 107 cm³/mol. The summed E-state index contributed by atoms with van der Waals surface area (Å²) >= 11 is 5.98. The molecule has 0 saturated carbocycles. The standard InChI is InChI=1S/C21H21ClN2O4/c22-16-8-6-14(7-9-16)18-17(19(26)15-4-2-1-3-5-15)20(27)21(28)24(18)12-10-23-11-13-25/h1-9,18,23,25-26H,10-13H2/t18-/m0/s1. The number of Topliss-reactive ketones (excluding diaryl/α,β-unsaturated/α-hetero) is 1. The second-order valence-electron chi connectivity index (χ2n) is 6.38. The van der Waals surface area contributed by atoms with Crippen LogP contribution < -0.4 is 5.32 Å². The van der Waals surface area contributed by atoms with E-state index in [1.165, 1.54) is 4.90 Å². The smallest absolute Gasteiger partial charge is 0.295 e. The number of nitrogens with one attached hydrogen (secondary N) is 1. The minimum absolute atomic E-state index is 0.0204. The van der Waals surface area contributed by atoms with Crippen LogP contribution in [0.1, 0.15) is 17.2 Å². The average molecular weight is 401 g/mol. The van der Waals surface area contributed by atoms with Gasteiger partial charge in [-0.1, -0.05) is 54.1 Å². The zero-order valence-electron chi connectivity index (χ0n) is 15.1. The molecule has 1 fully saturated rings. The van der Waals surface area contributed by atoms with Crippen LogP contribution in [0.2, 0.25) is 5.02 Å². The van der Waals surface area contributed by atoms with Gasteiger partial charge in [-0.15, -0.1) is 0 Å². The highest BCUT2D eigenvalue weighted by Gasteiger charge is 2.45. The van der Waals surface area contributed by atoms with E-state index >= 15 is 0 Å². The third-order valence-corrected chi connectivity index (χ3v) is 4.84. The molecule has 146 valence electrons. The van der Waals surface area contributed by atoms with Crippen LogP contribution >= 0.6 is 11.6 Å². The molecule has 7 heteroatoms. The van der Waals surface area contributed by atoms with Crippen molar-refractivity contribution in [3.8, 4) is 0 Å². The number of aliphatic hydroxyl groups excluding tert-OH is 2. The molecule has 1 heterocycles. The SMILES string of the molecule is O=C1C(=O)N(CCNCCO)[C@@H](c2ccc(Cl)cc2)C1=C(O)c1ccccc1. The van der Waals surface area contributed by atoms with Gasteiger partial charge in [-0.25, -0.2) is 0 Å². The van der Waals surface area contributed by atoms with E-state index in [2.05, 4.69) is 5.32 Å². The molecular formula is C21H21ClN2O4. The highest BCUT2D eigenvalue weighted by atomic mass is 35.5. The third kappa shape index (κ3) is 4.09. The number of aliphatic hydroxyl groups is 2. The van der Waals surface area contributed by atoms with Crippen molar-refractivity contribution >= 4 is 29.1 Å². The summed E-state index contributed by atoms with van der Waals surface area (Å²) in [4.78, 5) is 26.9. The second kappa shape index (κ2) is 9.01. The van der Waals surface area contributed by atoms with Crippen LogP contribution in [-0.2, 0) is 9.59 Å². The van der Waals surface area contributed by atoms with Crippen molar-refractivity contribution in [3.05, 3.63) is 76.3 Å². The molecule has 1 atom stereocenters. The largest absolute Gasteiger partial charge is 0.507 e. The first-order chi connectivity index (χ1) is 13.5. The Bertz CT molecular complexity index is 881. The molecule has 1 amide bonds. The summed E-state index contributed by atoms with van der Waals surface area (Å²) in [5.41, 5.74) is 1.21. The van der Waals surface area contributed by atoms with Crippen molar-refractivity contribution in [3.63, 3.8) is 0 Å². The molecule has 0 aromatic heterocycles. The molecule has 2 aromatic carbocycles. The Hall–Kier alpha value is -2.67. The van der Waals surface area contributed by atoms with Gasteiger partial charge in [0.2, 0.25) is 0 Å². The summed E-state index contributed by atoms with van der Waals surface area (Å²) in [5.74, 6) is -1.59. The number of nitrogens with zero attached hydrogens (tertiary/aromatic N) is 1. The maximum atomic E-state index is 12.8. The molecule has 1 aliphatic heterocycles. The number of halogens is 1. The van der Waals surface area contributed by atoms with Crippen molar-refractivity contribution in [1.82, 2.24) is 10.2 Å². The molecule has 3 rings (SSSR count). The fourth-order valence-electron chi connectivity index (χ4n) is 3.26. The van der Waals surface area contributed by atoms with Crippen LogP contribution in [0.15, 0.2) is 60.2 Å². The molecule has 0 bridgehead atoms. The van der Waals surface area contributed by atoms with E-state index in [0.717, 1.165) is 0 Å².